The molecule has 1 amide bonds. The predicted molar refractivity (Wildman–Crippen MR) is 91.7 cm³/mol. The van der Waals surface area contributed by atoms with Crippen LogP contribution in [0.4, 0.5) is 4.39 Å². The fourth-order valence-corrected chi connectivity index (χ4v) is 2.42. The van der Waals surface area contributed by atoms with Crippen molar-refractivity contribution < 1.29 is 14.3 Å². The third-order valence-corrected chi connectivity index (χ3v) is 3.70. The summed E-state index contributed by atoms with van der Waals surface area (Å²) in [5, 5.41) is 15.6. The quantitative estimate of drug-likeness (QED) is 0.568. The minimum atomic E-state index is -0.561. The molecule has 0 unspecified atom stereocenters. The number of benzene rings is 3. The van der Waals surface area contributed by atoms with Gasteiger partial charge in [0.2, 0.25) is 0 Å². The fraction of sp³-hybridized carbons (Fsp3) is 0.0526. The molecule has 0 saturated heterocycles. The molecule has 3 rings (SSSR count). The maximum Gasteiger partial charge on any atom is 0.275 e. The van der Waals surface area contributed by atoms with E-state index in [1.165, 1.54) is 12.1 Å². The summed E-state index contributed by atoms with van der Waals surface area (Å²) in [7, 11) is 0. The Hall–Kier alpha value is -3.21. The van der Waals surface area contributed by atoms with E-state index in [0.29, 0.717) is 11.3 Å². The monoisotopic (exact) mass is 322 g/mol. The van der Waals surface area contributed by atoms with E-state index in [1.807, 2.05) is 24.3 Å². The minimum Gasteiger partial charge on any atom is -0.507 e. The summed E-state index contributed by atoms with van der Waals surface area (Å²) < 4.78 is 13.7. The Kier molecular flexibility index (Phi) is 4.24. The molecule has 0 aliphatic carbocycles. The van der Waals surface area contributed by atoms with Crippen LogP contribution < -0.4 is 5.43 Å². The lowest BCUT2D eigenvalue weighted by Gasteiger charge is -2.07. The number of nitrogens with one attached hydrogen (secondary N) is 1. The zero-order valence-corrected chi connectivity index (χ0v) is 13.0. The van der Waals surface area contributed by atoms with Gasteiger partial charge in [-0.3, -0.25) is 4.79 Å². The maximum absolute atomic E-state index is 13.7. The molecule has 3 aromatic rings. The average Bonchev–Trinajstić information content (AvgIpc) is 2.59. The van der Waals surface area contributed by atoms with E-state index in [0.717, 1.165) is 10.8 Å². The number of halogens is 1. The predicted octanol–water partition coefficient (Wildman–Crippen LogP) is 3.84. The number of rotatable bonds is 3. The lowest BCUT2D eigenvalue weighted by atomic mass is 10.1. The van der Waals surface area contributed by atoms with Crippen molar-refractivity contribution in [1.29, 1.82) is 0 Å². The molecule has 0 bridgehead atoms. The van der Waals surface area contributed by atoms with Gasteiger partial charge in [0.25, 0.3) is 5.91 Å². The summed E-state index contributed by atoms with van der Waals surface area (Å²) in [5.74, 6) is -1.11. The van der Waals surface area contributed by atoms with Crippen LogP contribution in [0.2, 0.25) is 0 Å². The van der Waals surface area contributed by atoms with Crippen molar-refractivity contribution in [2.75, 3.05) is 0 Å². The number of hydrogen-bond acceptors (Lipinski definition) is 3. The third-order valence-electron chi connectivity index (χ3n) is 3.70. The first-order valence-corrected chi connectivity index (χ1v) is 7.37. The van der Waals surface area contributed by atoms with Crippen molar-refractivity contribution in [2.45, 2.75) is 6.92 Å². The average molecular weight is 322 g/mol. The molecule has 0 radical (unpaired) electrons. The number of fused-ring (bicyclic) bond motifs is 1. The van der Waals surface area contributed by atoms with Gasteiger partial charge >= 0.3 is 0 Å². The van der Waals surface area contributed by atoms with E-state index in [4.69, 9.17) is 0 Å². The van der Waals surface area contributed by atoms with Crippen LogP contribution in [0, 0.1) is 5.82 Å². The number of phenolic OH excluding ortho intramolecular Hbond substituents is 1. The van der Waals surface area contributed by atoms with Crippen molar-refractivity contribution in [1.82, 2.24) is 5.43 Å². The highest BCUT2D eigenvalue weighted by molar-refractivity contribution is 6.03. The Morgan fingerprint density at radius 3 is 2.33 bits per heavy atom. The second-order valence-electron chi connectivity index (χ2n) is 5.33. The summed E-state index contributed by atoms with van der Waals surface area (Å²) in [6, 6.07) is 16.7. The highest BCUT2D eigenvalue weighted by atomic mass is 19.1. The van der Waals surface area contributed by atoms with Crippen molar-refractivity contribution in [3.63, 3.8) is 0 Å². The smallest absolute Gasteiger partial charge is 0.275 e. The van der Waals surface area contributed by atoms with Gasteiger partial charge in [0.15, 0.2) is 0 Å². The summed E-state index contributed by atoms with van der Waals surface area (Å²) in [4.78, 5) is 12.3. The number of carbonyl (C=O) groups is 1. The van der Waals surface area contributed by atoms with Gasteiger partial charge in [0, 0.05) is 5.56 Å². The zero-order valence-electron chi connectivity index (χ0n) is 13.0. The molecule has 0 saturated carbocycles. The number of hydrogen-bond donors (Lipinski definition) is 2. The number of amides is 1. The summed E-state index contributed by atoms with van der Waals surface area (Å²) >= 11 is 0. The van der Waals surface area contributed by atoms with Gasteiger partial charge in [0.1, 0.15) is 11.6 Å². The van der Waals surface area contributed by atoms with Crippen molar-refractivity contribution in [3.8, 4) is 5.75 Å². The Balaban J connectivity index is 1.86. The maximum atomic E-state index is 13.7. The molecule has 4 nitrogen and oxygen atoms in total. The Morgan fingerprint density at radius 1 is 1.00 bits per heavy atom. The van der Waals surface area contributed by atoms with E-state index in [-0.39, 0.29) is 11.3 Å². The molecule has 0 spiro atoms. The topological polar surface area (TPSA) is 61.7 Å². The number of carbonyl (C=O) groups excluding carboxylic acids is 1. The van der Waals surface area contributed by atoms with Crippen LogP contribution in [0.15, 0.2) is 65.8 Å². The molecule has 120 valence electrons. The summed E-state index contributed by atoms with van der Waals surface area (Å²) in [6.07, 6.45) is 0. The molecule has 0 aromatic heterocycles. The van der Waals surface area contributed by atoms with Crippen LogP contribution in [0.3, 0.4) is 0 Å². The molecule has 3 aromatic carbocycles. The van der Waals surface area contributed by atoms with Gasteiger partial charge in [0.05, 0.1) is 11.3 Å². The first-order chi connectivity index (χ1) is 11.6. The Morgan fingerprint density at radius 2 is 1.62 bits per heavy atom. The third kappa shape index (κ3) is 3.10. The number of nitrogens with zero attached hydrogens (tertiary/aromatic N) is 1. The van der Waals surface area contributed by atoms with Gasteiger partial charge < -0.3 is 5.11 Å². The molecular formula is C19H15FN2O2. The molecule has 2 N–H and O–H groups in total. The summed E-state index contributed by atoms with van der Waals surface area (Å²) in [6.45, 7) is 1.60. The zero-order chi connectivity index (χ0) is 17.1. The standard InChI is InChI=1S/C19H15FN2O2/c1-12(15-8-4-5-9-17(15)20)21-22-19(24)16-10-13-6-2-3-7-14(13)11-18(16)23/h2-11,23H,1H3,(H,22,24). The van der Waals surface area contributed by atoms with E-state index in [1.54, 1.807) is 31.2 Å². The molecule has 0 fully saturated rings. The Labute approximate surface area is 138 Å². The van der Waals surface area contributed by atoms with Crippen molar-refractivity contribution in [2.24, 2.45) is 5.10 Å². The highest BCUT2D eigenvalue weighted by Gasteiger charge is 2.12. The minimum absolute atomic E-state index is 0.110. The van der Waals surface area contributed by atoms with E-state index in [2.05, 4.69) is 10.5 Å². The number of aromatic hydroxyl groups is 1. The number of hydrazone groups is 1. The molecule has 0 aliphatic rings. The van der Waals surface area contributed by atoms with Gasteiger partial charge in [-0.05, 0) is 35.9 Å². The van der Waals surface area contributed by atoms with Crippen molar-refractivity contribution >= 4 is 22.4 Å². The van der Waals surface area contributed by atoms with Gasteiger partial charge in [-0.1, -0.05) is 42.5 Å². The van der Waals surface area contributed by atoms with Crippen LogP contribution in [-0.4, -0.2) is 16.7 Å². The van der Waals surface area contributed by atoms with Gasteiger partial charge in [-0.25, -0.2) is 9.82 Å². The molecule has 0 atom stereocenters. The Bertz CT molecular complexity index is 951. The normalized spacial score (nSPS) is 11.5. The van der Waals surface area contributed by atoms with E-state index < -0.39 is 11.7 Å². The van der Waals surface area contributed by atoms with Gasteiger partial charge in [-0.2, -0.15) is 5.10 Å². The molecule has 0 heterocycles. The second-order valence-corrected chi connectivity index (χ2v) is 5.33. The lowest BCUT2D eigenvalue weighted by molar-refractivity contribution is 0.0952. The van der Waals surface area contributed by atoms with E-state index >= 15 is 0 Å². The lowest BCUT2D eigenvalue weighted by Crippen LogP contribution is -2.19. The SMILES string of the molecule is CC(=NNC(=O)c1cc2ccccc2cc1O)c1ccccc1F. The van der Waals surface area contributed by atoms with Crippen molar-refractivity contribution in [3.05, 3.63) is 77.6 Å². The molecule has 24 heavy (non-hydrogen) atoms. The first kappa shape index (κ1) is 15.7. The van der Waals surface area contributed by atoms with Crippen LogP contribution >= 0.6 is 0 Å². The highest BCUT2D eigenvalue weighted by Crippen LogP contribution is 2.24. The van der Waals surface area contributed by atoms with E-state index in [9.17, 15) is 14.3 Å². The second kappa shape index (κ2) is 6.50. The molecule has 5 heteroatoms. The van der Waals surface area contributed by atoms with Crippen LogP contribution in [0.5, 0.6) is 5.75 Å². The summed E-state index contributed by atoms with van der Waals surface area (Å²) in [5.41, 5.74) is 3.10. The first-order valence-electron chi connectivity index (χ1n) is 7.37. The van der Waals surface area contributed by atoms with Crippen LogP contribution in [-0.2, 0) is 0 Å². The largest absolute Gasteiger partial charge is 0.507 e. The molecule has 0 aliphatic heterocycles. The fourth-order valence-electron chi connectivity index (χ4n) is 2.42. The van der Waals surface area contributed by atoms with Gasteiger partial charge in [-0.15, -0.1) is 0 Å². The van der Waals surface area contributed by atoms with Crippen LogP contribution in [0.1, 0.15) is 22.8 Å². The molecular weight excluding hydrogens is 307 g/mol. The number of phenols is 1. The van der Waals surface area contributed by atoms with Crippen LogP contribution in [0.25, 0.3) is 10.8 Å².